The van der Waals surface area contributed by atoms with Gasteiger partial charge in [-0.3, -0.25) is 18.7 Å². The first kappa shape index (κ1) is 22.8. The summed E-state index contributed by atoms with van der Waals surface area (Å²) >= 11 is 7.15. The van der Waals surface area contributed by atoms with Crippen LogP contribution in [-0.2, 0) is 24.3 Å². The van der Waals surface area contributed by atoms with Crippen molar-refractivity contribution in [2.24, 2.45) is 0 Å². The molecule has 0 bridgehead atoms. The molecule has 0 aliphatic heterocycles. The summed E-state index contributed by atoms with van der Waals surface area (Å²) in [7, 11) is 1.56. The van der Waals surface area contributed by atoms with Gasteiger partial charge in [0.15, 0.2) is 0 Å². The van der Waals surface area contributed by atoms with Crippen LogP contribution in [0.5, 0.6) is 5.75 Å². The van der Waals surface area contributed by atoms with Crippen LogP contribution in [0.15, 0.2) is 69.6 Å². The lowest BCUT2D eigenvalue weighted by Crippen LogP contribution is -2.42. The monoisotopic (exact) mass is 483 g/mol. The molecule has 4 aromatic rings. The topological polar surface area (TPSA) is 82.3 Å². The van der Waals surface area contributed by atoms with Gasteiger partial charge in [-0.1, -0.05) is 35.9 Å². The molecule has 170 valence electrons. The third kappa shape index (κ3) is 5.18. The van der Waals surface area contributed by atoms with E-state index < -0.39 is 5.69 Å². The van der Waals surface area contributed by atoms with Gasteiger partial charge in [0.2, 0.25) is 5.91 Å². The van der Waals surface area contributed by atoms with Gasteiger partial charge in [0.1, 0.15) is 17.0 Å². The molecule has 0 aliphatic carbocycles. The standard InChI is InChI=1S/C24H22ClN3O4S/c1-32-19-4-2-3-17(13-19)14-28-23(30)22-20(10-12-33-22)27(24(28)31)15-21(29)26-11-9-16-5-7-18(25)8-6-16/h2-8,10,12-13H,9,11,14-15H2,1H3,(H,26,29). The number of fused-ring (bicyclic) bond motifs is 1. The quantitative estimate of drug-likeness (QED) is 0.417. The number of ether oxygens (including phenoxy) is 1. The van der Waals surface area contributed by atoms with Crippen molar-refractivity contribution in [2.75, 3.05) is 13.7 Å². The van der Waals surface area contributed by atoms with Crippen LogP contribution in [0.25, 0.3) is 10.2 Å². The first-order chi connectivity index (χ1) is 16.0. The lowest BCUT2D eigenvalue weighted by molar-refractivity contribution is -0.121. The molecule has 0 fully saturated rings. The molecule has 2 heterocycles. The van der Waals surface area contributed by atoms with E-state index >= 15 is 0 Å². The molecule has 0 aliphatic rings. The third-order valence-electron chi connectivity index (χ3n) is 5.26. The minimum Gasteiger partial charge on any atom is -0.497 e. The molecule has 0 unspecified atom stereocenters. The van der Waals surface area contributed by atoms with E-state index in [-0.39, 0.29) is 24.6 Å². The average Bonchev–Trinajstić information content (AvgIpc) is 3.31. The molecule has 0 saturated carbocycles. The average molecular weight is 484 g/mol. The molecular formula is C24H22ClN3O4S. The maximum atomic E-state index is 13.2. The second-order valence-electron chi connectivity index (χ2n) is 7.47. The largest absolute Gasteiger partial charge is 0.497 e. The Morgan fingerprint density at radius 2 is 1.85 bits per heavy atom. The Hall–Kier alpha value is -3.36. The van der Waals surface area contributed by atoms with Crippen LogP contribution >= 0.6 is 22.9 Å². The Balaban J connectivity index is 1.56. The second kappa shape index (κ2) is 10.1. The zero-order valence-corrected chi connectivity index (χ0v) is 19.5. The molecule has 1 amide bonds. The summed E-state index contributed by atoms with van der Waals surface area (Å²) in [6.07, 6.45) is 0.640. The number of halogens is 1. The highest BCUT2D eigenvalue weighted by atomic mass is 35.5. The van der Waals surface area contributed by atoms with E-state index in [0.717, 1.165) is 15.7 Å². The van der Waals surface area contributed by atoms with E-state index in [4.69, 9.17) is 16.3 Å². The fourth-order valence-corrected chi connectivity index (χ4v) is 4.54. The number of hydrogen-bond donors (Lipinski definition) is 1. The van der Waals surface area contributed by atoms with E-state index in [2.05, 4.69) is 5.32 Å². The van der Waals surface area contributed by atoms with Crippen LogP contribution < -0.4 is 21.3 Å². The summed E-state index contributed by atoms with van der Waals surface area (Å²) < 4.78 is 8.18. The van der Waals surface area contributed by atoms with Gasteiger partial charge < -0.3 is 10.1 Å². The van der Waals surface area contributed by atoms with E-state index in [1.165, 1.54) is 15.9 Å². The van der Waals surface area contributed by atoms with E-state index in [1.807, 2.05) is 18.2 Å². The minimum absolute atomic E-state index is 0.0842. The first-order valence-electron chi connectivity index (χ1n) is 10.3. The molecule has 0 saturated heterocycles. The molecule has 0 spiro atoms. The Labute approximate surface area is 198 Å². The van der Waals surface area contributed by atoms with Crippen molar-refractivity contribution in [1.29, 1.82) is 0 Å². The van der Waals surface area contributed by atoms with Crippen LogP contribution in [0, 0.1) is 0 Å². The smallest absolute Gasteiger partial charge is 0.332 e. The second-order valence-corrected chi connectivity index (χ2v) is 8.83. The summed E-state index contributed by atoms with van der Waals surface area (Å²) in [5.74, 6) is 0.336. The summed E-state index contributed by atoms with van der Waals surface area (Å²) in [6.45, 7) is 0.331. The molecule has 0 atom stereocenters. The van der Waals surface area contributed by atoms with Crippen molar-refractivity contribution >= 4 is 39.1 Å². The van der Waals surface area contributed by atoms with Crippen LogP contribution in [0.4, 0.5) is 0 Å². The minimum atomic E-state index is -0.526. The van der Waals surface area contributed by atoms with Gasteiger partial charge in [-0.05, 0) is 53.3 Å². The first-order valence-corrected chi connectivity index (χ1v) is 11.6. The van der Waals surface area contributed by atoms with Crippen LogP contribution in [-0.4, -0.2) is 28.7 Å². The van der Waals surface area contributed by atoms with Crippen LogP contribution in [0.2, 0.25) is 5.02 Å². The van der Waals surface area contributed by atoms with Crippen LogP contribution in [0.1, 0.15) is 11.1 Å². The lowest BCUT2D eigenvalue weighted by atomic mass is 10.1. The van der Waals surface area contributed by atoms with Gasteiger partial charge in [0.05, 0.1) is 19.2 Å². The summed E-state index contributed by atoms with van der Waals surface area (Å²) in [6, 6.07) is 16.3. The fraction of sp³-hybridized carbons (Fsp3) is 0.208. The van der Waals surface area contributed by atoms with Gasteiger partial charge in [-0.2, -0.15) is 0 Å². The molecule has 4 rings (SSSR count). The van der Waals surface area contributed by atoms with Gasteiger partial charge in [0, 0.05) is 11.6 Å². The SMILES string of the molecule is COc1cccc(Cn2c(=O)c3sccc3n(CC(=O)NCCc3ccc(Cl)cc3)c2=O)c1. The predicted molar refractivity (Wildman–Crippen MR) is 131 cm³/mol. The summed E-state index contributed by atoms with van der Waals surface area (Å²) in [4.78, 5) is 38.8. The van der Waals surface area contributed by atoms with Crippen molar-refractivity contribution in [3.05, 3.63) is 97.0 Å². The molecule has 2 aromatic carbocycles. The number of benzene rings is 2. The van der Waals surface area contributed by atoms with Crippen molar-refractivity contribution in [3.63, 3.8) is 0 Å². The Bertz CT molecular complexity index is 1410. The van der Waals surface area contributed by atoms with Gasteiger partial charge >= 0.3 is 5.69 Å². The van der Waals surface area contributed by atoms with Gasteiger partial charge in [-0.15, -0.1) is 11.3 Å². The summed E-state index contributed by atoms with van der Waals surface area (Å²) in [5, 5.41) is 5.25. The van der Waals surface area contributed by atoms with Crippen LogP contribution in [0.3, 0.4) is 0 Å². The fourth-order valence-electron chi connectivity index (χ4n) is 3.58. The molecular weight excluding hydrogens is 462 g/mol. The number of nitrogens with one attached hydrogen (secondary N) is 1. The number of methoxy groups -OCH3 is 1. The number of hydrogen-bond acceptors (Lipinski definition) is 5. The molecule has 33 heavy (non-hydrogen) atoms. The highest BCUT2D eigenvalue weighted by Gasteiger charge is 2.17. The zero-order valence-electron chi connectivity index (χ0n) is 17.9. The van der Waals surface area contributed by atoms with E-state index in [9.17, 15) is 14.4 Å². The Kier molecular flexibility index (Phi) is 6.96. The molecule has 2 aromatic heterocycles. The number of carbonyl (C=O) groups is 1. The van der Waals surface area contributed by atoms with E-state index in [0.29, 0.717) is 34.0 Å². The molecule has 9 heteroatoms. The van der Waals surface area contributed by atoms with Crippen molar-refractivity contribution in [3.8, 4) is 5.75 Å². The Morgan fingerprint density at radius 1 is 1.06 bits per heavy atom. The van der Waals surface area contributed by atoms with Crippen molar-refractivity contribution < 1.29 is 9.53 Å². The maximum Gasteiger partial charge on any atom is 0.332 e. The number of rotatable bonds is 8. The molecule has 7 nitrogen and oxygen atoms in total. The van der Waals surface area contributed by atoms with Gasteiger partial charge in [-0.25, -0.2) is 4.79 Å². The van der Waals surface area contributed by atoms with E-state index in [1.54, 1.807) is 48.9 Å². The molecule has 1 N–H and O–H groups in total. The highest BCUT2D eigenvalue weighted by molar-refractivity contribution is 7.17. The third-order valence-corrected chi connectivity index (χ3v) is 6.41. The number of aromatic nitrogens is 2. The normalized spacial score (nSPS) is 11.0. The number of amides is 1. The Morgan fingerprint density at radius 3 is 2.61 bits per heavy atom. The summed E-state index contributed by atoms with van der Waals surface area (Å²) in [5.41, 5.74) is 1.37. The van der Waals surface area contributed by atoms with Crippen molar-refractivity contribution in [1.82, 2.24) is 14.5 Å². The number of nitrogens with zero attached hydrogens (tertiary/aromatic N) is 2. The van der Waals surface area contributed by atoms with Gasteiger partial charge in [0.25, 0.3) is 5.56 Å². The van der Waals surface area contributed by atoms with Crippen molar-refractivity contribution in [2.45, 2.75) is 19.5 Å². The number of carbonyl (C=O) groups excluding carboxylic acids is 1. The maximum absolute atomic E-state index is 13.2. The predicted octanol–water partition coefficient (Wildman–Crippen LogP) is 3.29. The zero-order chi connectivity index (χ0) is 23.4. The lowest BCUT2D eigenvalue weighted by Gasteiger charge is -2.13. The molecule has 0 radical (unpaired) electrons. The number of thiophene rings is 1. The highest BCUT2D eigenvalue weighted by Crippen LogP contribution is 2.17.